The lowest BCUT2D eigenvalue weighted by Gasteiger charge is -2.22. The van der Waals surface area contributed by atoms with Crippen LogP contribution in [0.4, 0.5) is 5.82 Å². The van der Waals surface area contributed by atoms with Crippen molar-refractivity contribution in [2.24, 2.45) is 5.92 Å². The first kappa shape index (κ1) is 28.2. The number of amides is 2. The molecule has 2 aromatic carbocycles. The molecule has 0 aliphatic heterocycles. The van der Waals surface area contributed by atoms with Crippen LogP contribution < -0.4 is 10.6 Å². The monoisotopic (exact) mass is 502 g/mol. The molecule has 0 aliphatic rings. The van der Waals surface area contributed by atoms with Crippen molar-refractivity contribution in [3.05, 3.63) is 77.5 Å². The molecule has 3 rings (SSSR count). The van der Waals surface area contributed by atoms with Gasteiger partial charge in [0.05, 0.1) is 11.4 Å². The van der Waals surface area contributed by atoms with Crippen LogP contribution in [0, 0.1) is 12.8 Å². The number of aryl methyl sites for hydroxylation is 1. The molecule has 2 N–H and O–H groups in total. The number of nitrogens with one attached hydrogen (secondary N) is 2. The van der Waals surface area contributed by atoms with Gasteiger partial charge in [-0.2, -0.15) is 5.10 Å². The molecule has 2 unspecified atom stereocenters. The number of rotatable bonds is 11. The van der Waals surface area contributed by atoms with Crippen molar-refractivity contribution >= 4 is 17.6 Å². The fourth-order valence-corrected chi connectivity index (χ4v) is 4.35. The molecule has 6 heteroatoms. The van der Waals surface area contributed by atoms with Gasteiger partial charge in [-0.05, 0) is 37.0 Å². The summed E-state index contributed by atoms with van der Waals surface area (Å²) in [4.78, 5) is 26.9. The third-order valence-corrected chi connectivity index (χ3v) is 6.76. The van der Waals surface area contributed by atoms with E-state index in [1.165, 1.54) is 0 Å². The predicted octanol–water partition coefficient (Wildman–Crippen LogP) is 6.36. The molecule has 1 aromatic heterocycles. The summed E-state index contributed by atoms with van der Waals surface area (Å²) in [5.74, 6) is 0.179. The van der Waals surface area contributed by atoms with Gasteiger partial charge in [0.1, 0.15) is 11.9 Å². The highest BCUT2D eigenvalue weighted by molar-refractivity contribution is 5.97. The summed E-state index contributed by atoms with van der Waals surface area (Å²) in [6.07, 6.45) is 4.02. The molecule has 0 saturated carbocycles. The number of carbonyl (C=O) groups excluding carboxylic acids is 2. The van der Waals surface area contributed by atoms with Gasteiger partial charge in [0.15, 0.2) is 0 Å². The SMILES string of the molecule is CCCCC(CC)C(=O)NC(Cc1ccccc1)C(=O)Nc1cc(C(C)(C)C)nn1-c1ccccc1C. The molecule has 37 heavy (non-hydrogen) atoms. The first-order chi connectivity index (χ1) is 17.6. The van der Waals surface area contributed by atoms with E-state index < -0.39 is 6.04 Å². The molecule has 3 aromatic rings. The van der Waals surface area contributed by atoms with Gasteiger partial charge >= 0.3 is 0 Å². The van der Waals surface area contributed by atoms with Crippen molar-refractivity contribution in [3.63, 3.8) is 0 Å². The minimum atomic E-state index is -0.705. The van der Waals surface area contributed by atoms with Crippen LogP contribution in [0.3, 0.4) is 0 Å². The van der Waals surface area contributed by atoms with E-state index in [0.717, 1.165) is 48.2 Å². The summed E-state index contributed by atoms with van der Waals surface area (Å²) in [7, 11) is 0. The summed E-state index contributed by atoms with van der Waals surface area (Å²) < 4.78 is 1.80. The average molecular weight is 503 g/mol. The first-order valence-electron chi connectivity index (χ1n) is 13.5. The summed E-state index contributed by atoms with van der Waals surface area (Å²) in [6.45, 7) is 12.5. The largest absolute Gasteiger partial charge is 0.344 e. The Morgan fingerprint density at radius 3 is 2.27 bits per heavy atom. The third-order valence-electron chi connectivity index (χ3n) is 6.76. The van der Waals surface area contributed by atoms with Gasteiger partial charge in [-0.25, -0.2) is 4.68 Å². The molecule has 2 atom stereocenters. The topological polar surface area (TPSA) is 76.0 Å². The molecule has 0 radical (unpaired) electrons. The lowest BCUT2D eigenvalue weighted by molar-refractivity contribution is -0.129. The molecule has 0 fully saturated rings. The van der Waals surface area contributed by atoms with Gasteiger partial charge in [-0.15, -0.1) is 0 Å². The third kappa shape index (κ3) is 7.54. The number of benzene rings is 2. The Bertz CT molecular complexity index is 1180. The maximum atomic E-state index is 13.7. The highest BCUT2D eigenvalue weighted by atomic mass is 16.2. The Labute approximate surface area is 221 Å². The second-order valence-corrected chi connectivity index (χ2v) is 10.9. The second-order valence-electron chi connectivity index (χ2n) is 10.9. The summed E-state index contributed by atoms with van der Waals surface area (Å²) in [5, 5.41) is 11.0. The van der Waals surface area contributed by atoms with Crippen LogP contribution in [-0.2, 0) is 21.4 Å². The van der Waals surface area contributed by atoms with Crippen LogP contribution in [-0.4, -0.2) is 27.6 Å². The Kier molecular flexibility index (Phi) is 9.67. The van der Waals surface area contributed by atoms with E-state index in [-0.39, 0.29) is 23.1 Å². The van der Waals surface area contributed by atoms with Gasteiger partial charge in [0, 0.05) is 23.8 Å². The Hall–Kier alpha value is -3.41. The van der Waals surface area contributed by atoms with Crippen molar-refractivity contribution in [3.8, 4) is 5.69 Å². The number of hydrogen-bond acceptors (Lipinski definition) is 3. The zero-order valence-corrected chi connectivity index (χ0v) is 23.2. The van der Waals surface area contributed by atoms with Crippen LogP contribution in [0.5, 0.6) is 0 Å². The maximum Gasteiger partial charge on any atom is 0.248 e. The Morgan fingerprint density at radius 1 is 0.973 bits per heavy atom. The highest BCUT2D eigenvalue weighted by Gasteiger charge is 2.27. The summed E-state index contributed by atoms with van der Waals surface area (Å²) in [5.41, 5.74) is 3.63. The molecule has 0 saturated heterocycles. The Morgan fingerprint density at radius 2 is 1.65 bits per heavy atom. The van der Waals surface area contributed by atoms with E-state index >= 15 is 0 Å². The summed E-state index contributed by atoms with van der Waals surface area (Å²) in [6, 6.07) is 19.0. The second kappa shape index (κ2) is 12.7. The molecule has 6 nitrogen and oxygen atoms in total. The average Bonchev–Trinajstić information content (AvgIpc) is 3.29. The van der Waals surface area contributed by atoms with E-state index in [0.29, 0.717) is 12.2 Å². The number of hydrogen-bond donors (Lipinski definition) is 2. The number of unbranched alkanes of at least 4 members (excludes halogenated alkanes) is 1. The molecule has 198 valence electrons. The number of nitrogens with zero attached hydrogens (tertiary/aromatic N) is 2. The lowest BCUT2D eigenvalue weighted by Crippen LogP contribution is -2.47. The minimum absolute atomic E-state index is 0.0603. The zero-order valence-electron chi connectivity index (χ0n) is 23.2. The van der Waals surface area contributed by atoms with Gasteiger partial charge in [-0.1, -0.05) is 96.0 Å². The van der Waals surface area contributed by atoms with Crippen LogP contribution in [0.15, 0.2) is 60.7 Å². The van der Waals surface area contributed by atoms with E-state index in [1.807, 2.05) is 74.5 Å². The molecular weight excluding hydrogens is 460 g/mol. The van der Waals surface area contributed by atoms with Gasteiger partial charge in [0.25, 0.3) is 0 Å². The number of para-hydroxylation sites is 1. The van der Waals surface area contributed by atoms with Crippen molar-refractivity contribution in [1.82, 2.24) is 15.1 Å². The van der Waals surface area contributed by atoms with Crippen molar-refractivity contribution < 1.29 is 9.59 Å². The van der Waals surface area contributed by atoms with Crippen LogP contribution in [0.25, 0.3) is 5.69 Å². The van der Waals surface area contributed by atoms with Crippen molar-refractivity contribution in [2.45, 2.75) is 85.1 Å². The lowest BCUT2D eigenvalue weighted by atomic mass is 9.92. The van der Waals surface area contributed by atoms with Crippen LogP contribution in [0.2, 0.25) is 0 Å². The fourth-order valence-electron chi connectivity index (χ4n) is 4.35. The van der Waals surface area contributed by atoms with E-state index in [1.54, 1.807) is 4.68 Å². The predicted molar refractivity (Wildman–Crippen MR) is 151 cm³/mol. The van der Waals surface area contributed by atoms with E-state index in [4.69, 9.17) is 5.10 Å². The molecule has 0 aliphatic carbocycles. The minimum Gasteiger partial charge on any atom is -0.344 e. The van der Waals surface area contributed by atoms with E-state index in [2.05, 4.69) is 38.3 Å². The van der Waals surface area contributed by atoms with Crippen LogP contribution >= 0.6 is 0 Å². The van der Waals surface area contributed by atoms with Gasteiger partial charge in [0.2, 0.25) is 11.8 Å². The molecule has 2 amide bonds. The standard InChI is InChI=1S/C31H42N4O2/c1-7-9-18-24(8-2)29(36)32-25(20-23-16-11-10-12-17-23)30(37)33-28-21-27(31(4,5)6)34-35(28)26-19-14-13-15-22(26)3/h10-17,19,21,24-25H,7-9,18,20H2,1-6H3,(H,32,36)(H,33,37). The van der Waals surface area contributed by atoms with Crippen molar-refractivity contribution in [2.75, 3.05) is 5.32 Å². The first-order valence-corrected chi connectivity index (χ1v) is 13.5. The van der Waals surface area contributed by atoms with Crippen molar-refractivity contribution in [1.29, 1.82) is 0 Å². The molecule has 0 bridgehead atoms. The molecule has 1 heterocycles. The maximum absolute atomic E-state index is 13.7. The zero-order chi connectivity index (χ0) is 27.0. The number of anilines is 1. The quantitative estimate of drug-likeness (QED) is 0.320. The smallest absolute Gasteiger partial charge is 0.248 e. The molecular formula is C31H42N4O2. The number of aromatic nitrogens is 2. The van der Waals surface area contributed by atoms with Gasteiger partial charge in [-0.3, -0.25) is 9.59 Å². The normalized spacial score (nSPS) is 13.1. The highest BCUT2D eigenvalue weighted by Crippen LogP contribution is 2.27. The fraction of sp³-hybridized carbons (Fsp3) is 0.452. The molecule has 0 spiro atoms. The summed E-state index contributed by atoms with van der Waals surface area (Å²) >= 11 is 0. The van der Waals surface area contributed by atoms with Crippen LogP contribution in [0.1, 0.15) is 77.1 Å². The van der Waals surface area contributed by atoms with Gasteiger partial charge < -0.3 is 10.6 Å². The number of carbonyl (C=O) groups is 2. The van der Waals surface area contributed by atoms with E-state index in [9.17, 15) is 9.59 Å². The Balaban J connectivity index is 1.93.